The third kappa shape index (κ3) is 5.02. The topological polar surface area (TPSA) is 67.8 Å². The Morgan fingerprint density at radius 1 is 1.10 bits per heavy atom. The third-order valence-corrected chi connectivity index (χ3v) is 5.74. The quantitative estimate of drug-likeness (QED) is 0.469. The molecule has 166 valence electrons. The van der Waals surface area contributed by atoms with Crippen molar-refractivity contribution in [3.63, 3.8) is 0 Å². The molecule has 0 aliphatic rings. The number of carbonyl (C=O) groups excluding carboxylic acids is 1. The van der Waals surface area contributed by atoms with E-state index in [0.717, 1.165) is 35.0 Å². The van der Waals surface area contributed by atoms with Gasteiger partial charge in [-0.2, -0.15) is 0 Å². The molecule has 0 aliphatic carbocycles. The highest BCUT2D eigenvalue weighted by atomic mass is 16.5. The highest BCUT2D eigenvalue weighted by Crippen LogP contribution is 2.42. The zero-order valence-electron chi connectivity index (χ0n) is 19.2. The molecule has 31 heavy (non-hydrogen) atoms. The summed E-state index contributed by atoms with van der Waals surface area (Å²) in [6.45, 7) is 3.68. The summed E-state index contributed by atoms with van der Waals surface area (Å²) in [4.78, 5) is 17.7. The van der Waals surface area contributed by atoms with Gasteiger partial charge in [-0.25, -0.2) is 0 Å². The number of para-hydroxylation sites is 2. The number of carbonyl (C=O) groups is 1. The molecule has 0 radical (unpaired) electrons. The van der Waals surface area contributed by atoms with Gasteiger partial charge in [0.25, 0.3) is 0 Å². The van der Waals surface area contributed by atoms with E-state index >= 15 is 0 Å². The first-order valence-electron chi connectivity index (χ1n) is 10.9. The van der Waals surface area contributed by atoms with Gasteiger partial charge in [-0.15, -0.1) is 0 Å². The average molecular weight is 425 g/mol. The zero-order chi connectivity index (χ0) is 22.4. The van der Waals surface area contributed by atoms with E-state index in [1.165, 1.54) is 10.5 Å². The number of aromatic nitrogens is 1. The van der Waals surface area contributed by atoms with Crippen LogP contribution >= 0.6 is 0 Å². The Bertz CT molecular complexity index is 1030. The second-order valence-electron chi connectivity index (χ2n) is 8.08. The number of hydrogen-bond acceptors (Lipinski definition) is 3. The van der Waals surface area contributed by atoms with Crippen LogP contribution < -0.4 is 19.7 Å². The summed E-state index contributed by atoms with van der Waals surface area (Å²) in [5, 5.41) is 4.21. The van der Waals surface area contributed by atoms with E-state index < -0.39 is 0 Å². The predicted molar refractivity (Wildman–Crippen MR) is 124 cm³/mol. The van der Waals surface area contributed by atoms with Crippen LogP contribution in [0.3, 0.4) is 0 Å². The van der Waals surface area contributed by atoms with Crippen LogP contribution in [0.4, 0.5) is 0 Å². The van der Waals surface area contributed by atoms with Crippen molar-refractivity contribution >= 4 is 16.8 Å². The molecule has 0 unspecified atom stereocenters. The zero-order valence-corrected chi connectivity index (χ0v) is 19.2. The maximum atomic E-state index is 12.9. The molecule has 1 aromatic heterocycles. The van der Waals surface area contributed by atoms with Crippen LogP contribution in [0.25, 0.3) is 10.9 Å². The molecule has 3 aromatic rings. The van der Waals surface area contributed by atoms with Gasteiger partial charge in [0.05, 0.1) is 41.4 Å². The molecule has 0 bridgehead atoms. The Labute approximate surface area is 184 Å². The highest BCUT2D eigenvalue weighted by Gasteiger charge is 2.26. The van der Waals surface area contributed by atoms with Crippen molar-refractivity contribution < 1.29 is 19.2 Å². The fraction of sp³-hybridized carbons (Fsp3) is 0.400. The van der Waals surface area contributed by atoms with Crippen LogP contribution in [0, 0.1) is 0 Å². The van der Waals surface area contributed by atoms with E-state index in [0.29, 0.717) is 24.5 Å². The van der Waals surface area contributed by atoms with Gasteiger partial charge in [-0.05, 0) is 23.6 Å². The summed E-state index contributed by atoms with van der Waals surface area (Å²) in [5.41, 5.74) is 4.42. The standard InChI is InChI=1S/C25H33N3O3/c1-6-17-9-7-10-18-21(16-27-24(17)18)20(15-23(29)26-13-14-28(2)3)19-11-8-12-22(30-4)25(19)31-5/h7-12,16,20,27H,6,13-15H2,1-5H3,(H,26,29)/p+1/t20-/m0/s1. The first kappa shape index (κ1) is 22.7. The van der Waals surface area contributed by atoms with E-state index in [1.54, 1.807) is 14.2 Å². The van der Waals surface area contributed by atoms with E-state index in [9.17, 15) is 4.79 Å². The smallest absolute Gasteiger partial charge is 0.221 e. The summed E-state index contributed by atoms with van der Waals surface area (Å²) in [6, 6.07) is 12.2. The largest absolute Gasteiger partial charge is 0.493 e. The monoisotopic (exact) mass is 424 g/mol. The van der Waals surface area contributed by atoms with Crippen LogP contribution in [-0.4, -0.2) is 52.3 Å². The minimum atomic E-state index is -0.169. The van der Waals surface area contributed by atoms with Crippen molar-refractivity contribution in [3.05, 3.63) is 59.3 Å². The van der Waals surface area contributed by atoms with E-state index in [1.807, 2.05) is 24.4 Å². The number of hydrogen-bond donors (Lipinski definition) is 3. The van der Waals surface area contributed by atoms with Crippen LogP contribution in [0.15, 0.2) is 42.6 Å². The number of amides is 1. The van der Waals surface area contributed by atoms with Crippen molar-refractivity contribution in [1.29, 1.82) is 0 Å². The molecule has 6 nitrogen and oxygen atoms in total. The number of rotatable bonds is 10. The minimum absolute atomic E-state index is 0.0251. The van der Waals surface area contributed by atoms with Crippen molar-refractivity contribution in [2.24, 2.45) is 0 Å². The lowest BCUT2D eigenvalue weighted by Gasteiger charge is -2.21. The molecule has 1 amide bonds. The second-order valence-corrected chi connectivity index (χ2v) is 8.08. The summed E-state index contributed by atoms with van der Waals surface area (Å²) in [5.74, 6) is 1.19. The van der Waals surface area contributed by atoms with Crippen molar-refractivity contribution in [1.82, 2.24) is 10.3 Å². The summed E-state index contributed by atoms with van der Waals surface area (Å²) in [6.07, 6.45) is 3.30. The molecule has 6 heteroatoms. The number of aromatic amines is 1. The van der Waals surface area contributed by atoms with Gasteiger partial charge in [0, 0.05) is 35.0 Å². The highest BCUT2D eigenvalue weighted by molar-refractivity contribution is 5.88. The molecule has 0 aliphatic heterocycles. The molecule has 0 spiro atoms. The van der Waals surface area contributed by atoms with Gasteiger partial charge in [-0.1, -0.05) is 37.3 Å². The number of H-pyrrole nitrogens is 1. The maximum absolute atomic E-state index is 12.9. The fourth-order valence-corrected chi connectivity index (χ4v) is 4.11. The predicted octanol–water partition coefficient (Wildman–Crippen LogP) is 2.53. The lowest BCUT2D eigenvalue weighted by Crippen LogP contribution is -3.06. The number of methoxy groups -OCH3 is 2. The molecule has 0 saturated carbocycles. The lowest BCUT2D eigenvalue weighted by molar-refractivity contribution is -0.856. The Morgan fingerprint density at radius 2 is 1.87 bits per heavy atom. The summed E-state index contributed by atoms with van der Waals surface area (Å²) < 4.78 is 11.3. The van der Waals surface area contributed by atoms with Crippen LogP contribution in [0.5, 0.6) is 11.5 Å². The second kappa shape index (κ2) is 10.4. The number of ether oxygens (including phenoxy) is 2. The number of quaternary nitrogens is 1. The number of aryl methyl sites for hydroxylation is 1. The van der Waals surface area contributed by atoms with Crippen molar-refractivity contribution in [2.45, 2.75) is 25.7 Å². The van der Waals surface area contributed by atoms with Gasteiger partial charge in [0.2, 0.25) is 5.91 Å². The lowest BCUT2D eigenvalue weighted by atomic mass is 9.86. The molecular weight excluding hydrogens is 390 g/mol. The summed E-state index contributed by atoms with van der Waals surface area (Å²) in [7, 11) is 7.43. The number of likely N-dealkylation sites (N-methyl/N-ethyl adjacent to an activating group) is 1. The third-order valence-electron chi connectivity index (χ3n) is 5.74. The van der Waals surface area contributed by atoms with Crippen molar-refractivity contribution in [2.75, 3.05) is 41.4 Å². The molecular formula is C25H34N3O3+. The minimum Gasteiger partial charge on any atom is -0.493 e. The Balaban J connectivity index is 2.05. The summed E-state index contributed by atoms with van der Waals surface area (Å²) >= 11 is 0. The first-order valence-corrected chi connectivity index (χ1v) is 10.9. The normalized spacial score (nSPS) is 12.2. The molecule has 3 N–H and O–H groups in total. The van der Waals surface area contributed by atoms with Crippen LogP contribution in [-0.2, 0) is 11.2 Å². The molecule has 0 fully saturated rings. The van der Waals surface area contributed by atoms with Gasteiger partial charge in [-0.3, -0.25) is 4.79 Å². The Kier molecular flexibility index (Phi) is 7.58. The van der Waals surface area contributed by atoms with Gasteiger partial charge in [0.1, 0.15) is 0 Å². The number of benzene rings is 2. The van der Waals surface area contributed by atoms with Gasteiger partial charge >= 0.3 is 0 Å². The fourth-order valence-electron chi connectivity index (χ4n) is 4.11. The molecule has 3 rings (SSSR count). The molecule has 1 atom stereocenters. The Hall–Kier alpha value is -2.99. The average Bonchev–Trinajstić information content (AvgIpc) is 3.20. The Morgan fingerprint density at radius 3 is 2.55 bits per heavy atom. The van der Waals surface area contributed by atoms with E-state index in [4.69, 9.17) is 9.47 Å². The maximum Gasteiger partial charge on any atom is 0.221 e. The van der Waals surface area contributed by atoms with E-state index in [2.05, 4.69) is 49.5 Å². The van der Waals surface area contributed by atoms with Gasteiger partial charge < -0.3 is 24.7 Å². The van der Waals surface area contributed by atoms with Crippen molar-refractivity contribution in [3.8, 4) is 11.5 Å². The van der Waals surface area contributed by atoms with Gasteiger partial charge in [0.15, 0.2) is 11.5 Å². The molecule has 0 saturated heterocycles. The van der Waals surface area contributed by atoms with E-state index in [-0.39, 0.29) is 11.8 Å². The SMILES string of the molecule is CCc1cccc2c([C@@H](CC(=O)NCC[NH+](C)C)c3cccc(OC)c3OC)c[nH]c12. The number of nitrogens with one attached hydrogen (secondary N) is 3. The van der Waals surface area contributed by atoms with Crippen LogP contribution in [0.1, 0.15) is 36.0 Å². The van der Waals surface area contributed by atoms with Crippen LogP contribution in [0.2, 0.25) is 0 Å². The molecule has 1 heterocycles. The molecule has 2 aromatic carbocycles. The number of fused-ring (bicyclic) bond motifs is 1. The first-order chi connectivity index (χ1) is 15.0.